The van der Waals surface area contributed by atoms with Crippen LogP contribution in [0.5, 0.6) is 0 Å². The monoisotopic (exact) mass is 246 g/mol. The van der Waals surface area contributed by atoms with Crippen LogP contribution < -0.4 is 5.32 Å². The van der Waals surface area contributed by atoms with E-state index < -0.39 is 0 Å². The van der Waals surface area contributed by atoms with Crippen molar-refractivity contribution in [3.8, 4) is 0 Å². The van der Waals surface area contributed by atoms with Crippen molar-refractivity contribution in [2.45, 2.75) is 39.3 Å². The van der Waals surface area contributed by atoms with E-state index >= 15 is 0 Å². The maximum atomic E-state index is 3.66. The van der Waals surface area contributed by atoms with Gasteiger partial charge in [-0.3, -0.25) is 0 Å². The molecule has 0 radical (unpaired) electrons. The molecule has 0 aromatic heterocycles. The molecule has 0 bridgehead atoms. The average molecular weight is 246 g/mol. The molecule has 0 heterocycles. The van der Waals surface area contributed by atoms with E-state index in [-0.39, 0.29) is 0 Å². The number of nitrogens with zero attached hydrogens (tertiary/aromatic N) is 1. The van der Waals surface area contributed by atoms with E-state index in [0.717, 1.165) is 12.5 Å². The molecule has 0 fully saturated rings. The molecule has 1 aromatic carbocycles. The van der Waals surface area contributed by atoms with Crippen LogP contribution in [0.25, 0.3) is 0 Å². The van der Waals surface area contributed by atoms with E-state index in [2.05, 4.69) is 62.3 Å². The summed E-state index contributed by atoms with van der Waals surface area (Å²) >= 11 is 0. The molecule has 2 heteroatoms. The van der Waals surface area contributed by atoms with Gasteiger partial charge in [0.25, 0.3) is 0 Å². The summed E-state index contributed by atoms with van der Waals surface area (Å²) in [4.78, 5) is 2.53. The molecule has 18 heavy (non-hydrogen) atoms. The Morgan fingerprint density at radius 3 is 2.72 bits per heavy atom. The fourth-order valence-electron chi connectivity index (χ4n) is 3.16. The van der Waals surface area contributed by atoms with Crippen LogP contribution in [0.4, 0.5) is 0 Å². The number of fused-ring (bicyclic) bond motifs is 1. The van der Waals surface area contributed by atoms with Gasteiger partial charge in [0.05, 0.1) is 0 Å². The fraction of sp³-hybridized carbons (Fsp3) is 0.625. The van der Waals surface area contributed by atoms with E-state index in [9.17, 15) is 0 Å². The van der Waals surface area contributed by atoms with Gasteiger partial charge in [-0.05, 0) is 37.1 Å². The van der Waals surface area contributed by atoms with Crippen LogP contribution in [0.15, 0.2) is 24.3 Å². The first-order chi connectivity index (χ1) is 8.63. The standard InChI is InChI=1S/C16H26N2/c1-5-17-16-14-9-7-6-8-13(14)10-15(16)18(4)11-12(2)3/h6-9,12,15-17H,5,10-11H2,1-4H3. The van der Waals surface area contributed by atoms with Gasteiger partial charge < -0.3 is 10.2 Å². The normalized spacial score (nSPS) is 22.8. The second kappa shape index (κ2) is 5.85. The van der Waals surface area contributed by atoms with Gasteiger partial charge in [-0.2, -0.15) is 0 Å². The van der Waals surface area contributed by atoms with E-state index in [1.807, 2.05) is 0 Å². The molecule has 0 spiro atoms. The van der Waals surface area contributed by atoms with Gasteiger partial charge in [0.15, 0.2) is 0 Å². The summed E-state index contributed by atoms with van der Waals surface area (Å²) in [6.07, 6.45) is 1.18. The summed E-state index contributed by atoms with van der Waals surface area (Å²) in [7, 11) is 2.26. The largest absolute Gasteiger partial charge is 0.309 e. The molecule has 1 aliphatic carbocycles. The molecular weight excluding hydrogens is 220 g/mol. The zero-order chi connectivity index (χ0) is 13.1. The van der Waals surface area contributed by atoms with Crippen molar-refractivity contribution >= 4 is 0 Å². The summed E-state index contributed by atoms with van der Waals surface area (Å²) in [6.45, 7) is 8.98. The summed E-state index contributed by atoms with van der Waals surface area (Å²) in [5.41, 5.74) is 3.02. The van der Waals surface area contributed by atoms with Crippen molar-refractivity contribution in [3.63, 3.8) is 0 Å². The lowest BCUT2D eigenvalue weighted by atomic mass is 10.1. The highest BCUT2D eigenvalue weighted by atomic mass is 15.2. The Bertz CT molecular complexity index is 386. The lowest BCUT2D eigenvalue weighted by Crippen LogP contribution is -2.42. The predicted molar refractivity (Wildman–Crippen MR) is 77.8 cm³/mol. The third-order valence-corrected chi connectivity index (χ3v) is 3.85. The van der Waals surface area contributed by atoms with Crippen molar-refractivity contribution in [1.29, 1.82) is 0 Å². The van der Waals surface area contributed by atoms with Gasteiger partial charge in [0.2, 0.25) is 0 Å². The maximum absolute atomic E-state index is 3.66. The second-order valence-electron chi connectivity index (χ2n) is 5.84. The number of benzene rings is 1. The Morgan fingerprint density at radius 1 is 1.33 bits per heavy atom. The minimum atomic E-state index is 0.495. The molecule has 1 aliphatic rings. The third-order valence-electron chi connectivity index (χ3n) is 3.85. The minimum Gasteiger partial charge on any atom is -0.309 e. The SMILES string of the molecule is CCNC1c2ccccc2CC1N(C)CC(C)C. The summed E-state index contributed by atoms with van der Waals surface area (Å²) in [5.74, 6) is 0.723. The van der Waals surface area contributed by atoms with Crippen molar-refractivity contribution in [2.75, 3.05) is 20.1 Å². The fourth-order valence-corrected chi connectivity index (χ4v) is 3.16. The highest BCUT2D eigenvalue weighted by Crippen LogP contribution is 2.34. The minimum absolute atomic E-state index is 0.495. The molecule has 1 N–H and O–H groups in total. The van der Waals surface area contributed by atoms with E-state index in [0.29, 0.717) is 12.1 Å². The van der Waals surface area contributed by atoms with Crippen LogP contribution in [-0.2, 0) is 6.42 Å². The van der Waals surface area contributed by atoms with Crippen LogP contribution in [0.3, 0.4) is 0 Å². The number of likely N-dealkylation sites (N-methyl/N-ethyl adjacent to an activating group) is 2. The summed E-state index contributed by atoms with van der Waals surface area (Å²) in [5, 5.41) is 3.66. The third kappa shape index (κ3) is 2.76. The summed E-state index contributed by atoms with van der Waals surface area (Å²) < 4.78 is 0. The molecule has 2 nitrogen and oxygen atoms in total. The van der Waals surface area contributed by atoms with Crippen LogP contribution >= 0.6 is 0 Å². The molecule has 0 saturated carbocycles. The van der Waals surface area contributed by atoms with E-state index in [1.165, 1.54) is 24.1 Å². The highest BCUT2D eigenvalue weighted by molar-refractivity contribution is 5.37. The summed E-state index contributed by atoms with van der Waals surface area (Å²) in [6, 6.07) is 9.98. The Morgan fingerprint density at radius 2 is 2.06 bits per heavy atom. The zero-order valence-electron chi connectivity index (χ0n) is 12.1. The van der Waals surface area contributed by atoms with Gasteiger partial charge >= 0.3 is 0 Å². The quantitative estimate of drug-likeness (QED) is 0.859. The van der Waals surface area contributed by atoms with Crippen molar-refractivity contribution in [3.05, 3.63) is 35.4 Å². The van der Waals surface area contributed by atoms with E-state index in [4.69, 9.17) is 0 Å². The van der Waals surface area contributed by atoms with Gasteiger partial charge in [-0.15, -0.1) is 0 Å². The molecule has 100 valence electrons. The Hall–Kier alpha value is -0.860. The number of hydrogen-bond acceptors (Lipinski definition) is 2. The molecule has 2 unspecified atom stereocenters. The predicted octanol–water partition coefficient (Wildman–Crippen LogP) is 2.85. The van der Waals surface area contributed by atoms with Crippen LogP contribution in [0.1, 0.15) is 37.9 Å². The van der Waals surface area contributed by atoms with Gasteiger partial charge in [-0.1, -0.05) is 45.0 Å². The topological polar surface area (TPSA) is 15.3 Å². The molecular formula is C16H26N2. The Labute approximate surface area is 111 Å². The van der Waals surface area contributed by atoms with Crippen LogP contribution in [-0.4, -0.2) is 31.1 Å². The maximum Gasteiger partial charge on any atom is 0.0483 e. The highest BCUT2D eigenvalue weighted by Gasteiger charge is 2.34. The molecule has 1 aromatic rings. The molecule has 2 atom stereocenters. The molecule has 0 amide bonds. The molecule has 0 saturated heterocycles. The van der Waals surface area contributed by atoms with Crippen molar-refractivity contribution in [2.24, 2.45) is 5.92 Å². The lowest BCUT2D eigenvalue weighted by molar-refractivity contribution is 0.186. The molecule has 2 rings (SSSR count). The Kier molecular flexibility index (Phi) is 4.41. The first-order valence-electron chi connectivity index (χ1n) is 7.15. The van der Waals surface area contributed by atoms with Crippen LogP contribution in [0, 0.1) is 5.92 Å². The first kappa shape index (κ1) is 13.6. The van der Waals surface area contributed by atoms with Crippen LogP contribution in [0.2, 0.25) is 0 Å². The number of rotatable bonds is 5. The number of hydrogen-bond donors (Lipinski definition) is 1. The number of nitrogens with one attached hydrogen (secondary N) is 1. The average Bonchev–Trinajstić information content (AvgIpc) is 2.68. The van der Waals surface area contributed by atoms with Crippen molar-refractivity contribution < 1.29 is 0 Å². The Balaban J connectivity index is 2.17. The van der Waals surface area contributed by atoms with Gasteiger partial charge in [0, 0.05) is 18.6 Å². The van der Waals surface area contributed by atoms with Gasteiger partial charge in [-0.25, -0.2) is 0 Å². The molecule has 0 aliphatic heterocycles. The van der Waals surface area contributed by atoms with E-state index in [1.54, 1.807) is 0 Å². The second-order valence-corrected chi connectivity index (χ2v) is 5.84. The smallest absolute Gasteiger partial charge is 0.0483 e. The lowest BCUT2D eigenvalue weighted by Gasteiger charge is -2.31. The van der Waals surface area contributed by atoms with Gasteiger partial charge in [0.1, 0.15) is 0 Å². The first-order valence-corrected chi connectivity index (χ1v) is 7.15. The van der Waals surface area contributed by atoms with Crippen molar-refractivity contribution in [1.82, 2.24) is 10.2 Å². The zero-order valence-corrected chi connectivity index (χ0v) is 12.1.